The average Bonchev–Trinajstić information content (AvgIpc) is 2.94. The van der Waals surface area contributed by atoms with E-state index in [0.717, 1.165) is 33.7 Å². The maximum absolute atomic E-state index is 4.84. The van der Waals surface area contributed by atoms with Crippen LogP contribution in [0.3, 0.4) is 0 Å². The van der Waals surface area contributed by atoms with Gasteiger partial charge in [-0.2, -0.15) is 0 Å². The van der Waals surface area contributed by atoms with E-state index in [9.17, 15) is 0 Å². The van der Waals surface area contributed by atoms with Crippen molar-refractivity contribution in [3.05, 3.63) is 65.6 Å². The first-order chi connectivity index (χ1) is 11.1. The largest absolute Gasteiger partial charge is 0.338 e. The van der Waals surface area contributed by atoms with Crippen LogP contribution in [0.1, 0.15) is 16.8 Å². The summed E-state index contributed by atoms with van der Waals surface area (Å²) in [5.41, 5.74) is 7.52. The second-order valence-corrected chi connectivity index (χ2v) is 5.89. The van der Waals surface area contributed by atoms with Crippen molar-refractivity contribution in [3.63, 3.8) is 0 Å². The van der Waals surface area contributed by atoms with Crippen LogP contribution in [0, 0.1) is 20.8 Å². The van der Waals surface area contributed by atoms with Crippen molar-refractivity contribution in [2.24, 2.45) is 0 Å². The quantitative estimate of drug-likeness (QED) is 0.590. The number of nitrogens with zero attached hydrogens (tertiary/aromatic N) is 3. The van der Waals surface area contributed by atoms with E-state index in [1.807, 2.05) is 31.5 Å². The van der Waals surface area contributed by atoms with Gasteiger partial charge in [0, 0.05) is 5.69 Å². The Kier molecular flexibility index (Phi) is 3.05. The Balaban J connectivity index is 2.00. The number of hydrogen-bond donors (Lipinski definition) is 1. The van der Waals surface area contributed by atoms with Crippen molar-refractivity contribution in [2.75, 3.05) is 5.32 Å². The Morgan fingerprint density at radius 3 is 2.43 bits per heavy atom. The van der Waals surface area contributed by atoms with Gasteiger partial charge in [0.1, 0.15) is 11.8 Å². The molecule has 2 aromatic carbocycles. The monoisotopic (exact) mass is 302 g/mol. The van der Waals surface area contributed by atoms with Crippen LogP contribution in [0.25, 0.3) is 16.6 Å². The van der Waals surface area contributed by atoms with Gasteiger partial charge in [0.25, 0.3) is 0 Å². The number of aryl methyl sites for hydroxylation is 3. The summed E-state index contributed by atoms with van der Waals surface area (Å²) in [6, 6.07) is 14.4. The summed E-state index contributed by atoms with van der Waals surface area (Å²) < 4.78 is 2.10. The Morgan fingerprint density at radius 1 is 0.913 bits per heavy atom. The van der Waals surface area contributed by atoms with Crippen LogP contribution in [0.15, 0.2) is 48.8 Å². The number of nitrogens with one attached hydrogen (secondary N) is 1. The first kappa shape index (κ1) is 13.8. The molecule has 0 radical (unpaired) electrons. The molecule has 23 heavy (non-hydrogen) atoms. The standard InChI is InChI=1S/C19H18N4/c1-12-7-6-8-13(2)17(12)22-19-18-14(3)20-11-23(18)16-10-5-4-9-15(16)21-19/h4-11H,1-3H3,(H,21,22). The van der Waals surface area contributed by atoms with Crippen LogP contribution in [0.4, 0.5) is 11.5 Å². The number of aromatic nitrogens is 3. The van der Waals surface area contributed by atoms with E-state index < -0.39 is 0 Å². The van der Waals surface area contributed by atoms with Crippen LogP contribution in [0.5, 0.6) is 0 Å². The van der Waals surface area contributed by atoms with Crippen LogP contribution in [-0.4, -0.2) is 14.4 Å². The number of fused-ring (bicyclic) bond motifs is 3. The topological polar surface area (TPSA) is 42.2 Å². The SMILES string of the molecule is Cc1cccc(C)c1Nc1nc2ccccc2n2cnc(C)c12. The molecule has 0 amide bonds. The number of benzene rings is 2. The molecule has 0 saturated heterocycles. The number of imidazole rings is 1. The van der Waals surface area contributed by atoms with Gasteiger partial charge in [-0.15, -0.1) is 0 Å². The third-order valence-electron chi connectivity index (χ3n) is 4.27. The van der Waals surface area contributed by atoms with Crippen molar-refractivity contribution in [1.29, 1.82) is 0 Å². The van der Waals surface area contributed by atoms with Crippen molar-refractivity contribution in [1.82, 2.24) is 14.4 Å². The maximum atomic E-state index is 4.84. The van der Waals surface area contributed by atoms with Gasteiger partial charge < -0.3 is 5.32 Å². The highest BCUT2D eigenvalue weighted by Gasteiger charge is 2.13. The zero-order valence-electron chi connectivity index (χ0n) is 13.5. The molecule has 4 aromatic rings. The lowest BCUT2D eigenvalue weighted by Crippen LogP contribution is -2.02. The molecule has 4 rings (SSSR count). The zero-order valence-corrected chi connectivity index (χ0v) is 13.5. The van der Waals surface area contributed by atoms with E-state index in [1.165, 1.54) is 11.1 Å². The maximum Gasteiger partial charge on any atom is 0.157 e. The average molecular weight is 302 g/mol. The fraction of sp³-hybridized carbons (Fsp3) is 0.158. The van der Waals surface area contributed by atoms with E-state index in [-0.39, 0.29) is 0 Å². The van der Waals surface area contributed by atoms with Crippen molar-refractivity contribution < 1.29 is 0 Å². The Hall–Kier alpha value is -2.88. The second kappa shape index (κ2) is 5.09. The Morgan fingerprint density at radius 2 is 1.65 bits per heavy atom. The van der Waals surface area contributed by atoms with Gasteiger partial charge >= 0.3 is 0 Å². The minimum Gasteiger partial charge on any atom is -0.338 e. The number of hydrogen-bond acceptors (Lipinski definition) is 3. The summed E-state index contributed by atoms with van der Waals surface area (Å²) in [7, 11) is 0. The molecule has 0 aliphatic carbocycles. The minimum absolute atomic E-state index is 0.844. The fourth-order valence-electron chi connectivity index (χ4n) is 3.06. The van der Waals surface area contributed by atoms with Gasteiger partial charge in [-0.1, -0.05) is 30.3 Å². The molecule has 0 fully saturated rings. The normalized spacial score (nSPS) is 11.3. The van der Waals surface area contributed by atoms with E-state index >= 15 is 0 Å². The summed E-state index contributed by atoms with van der Waals surface area (Å²) in [6.07, 6.45) is 1.87. The highest BCUT2D eigenvalue weighted by Crippen LogP contribution is 2.29. The van der Waals surface area contributed by atoms with Crippen LogP contribution >= 0.6 is 0 Å². The van der Waals surface area contributed by atoms with Gasteiger partial charge in [-0.25, -0.2) is 9.97 Å². The minimum atomic E-state index is 0.844. The second-order valence-electron chi connectivity index (χ2n) is 5.89. The van der Waals surface area contributed by atoms with E-state index in [2.05, 4.69) is 52.8 Å². The van der Waals surface area contributed by atoms with Gasteiger partial charge in [-0.05, 0) is 44.0 Å². The number of anilines is 2. The molecule has 4 nitrogen and oxygen atoms in total. The Labute approximate surface area is 134 Å². The lowest BCUT2D eigenvalue weighted by atomic mass is 10.1. The molecular weight excluding hydrogens is 284 g/mol. The molecule has 0 bridgehead atoms. The van der Waals surface area contributed by atoms with Crippen LogP contribution in [0.2, 0.25) is 0 Å². The highest BCUT2D eigenvalue weighted by atomic mass is 15.1. The molecule has 0 atom stereocenters. The molecule has 4 heteroatoms. The Bertz CT molecular complexity index is 1010. The lowest BCUT2D eigenvalue weighted by molar-refractivity contribution is 1.18. The molecule has 0 saturated carbocycles. The summed E-state index contributed by atoms with van der Waals surface area (Å²) in [5, 5.41) is 3.53. The molecule has 0 aliphatic rings. The van der Waals surface area contributed by atoms with Crippen molar-refractivity contribution >= 4 is 28.1 Å². The molecule has 0 spiro atoms. The van der Waals surface area contributed by atoms with Crippen LogP contribution in [-0.2, 0) is 0 Å². The first-order valence-electron chi connectivity index (χ1n) is 7.71. The molecular formula is C19H18N4. The van der Waals surface area contributed by atoms with Gasteiger partial charge in [0.05, 0.1) is 16.7 Å². The van der Waals surface area contributed by atoms with E-state index in [0.29, 0.717) is 0 Å². The molecule has 2 aromatic heterocycles. The predicted molar refractivity (Wildman–Crippen MR) is 94.4 cm³/mol. The molecule has 0 unspecified atom stereocenters. The molecule has 1 N–H and O–H groups in total. The summed E-state index contributed by atoms with van der Waals surface area (Å²) in [4.78, 5) is 9.32. The van der Waals surface area contributed by atoms with E-state index in [4.69, 9.17) is 4.98 Å². The zero-order chi connectivity index (χ0) is 16.0. The van der Waals surface area contributed by atoms with Crippen molar-refractivity contribution in [3.8, 4) is 0 Å². The molecule has 0 aliphatic heterocycles. The lowest BCUT2D eigenvalue weighted by Gasteiger charge is -2.14. The molecule has 114 valence electrons. The van der Waals surface area contributed by atoms with Gasteiger partial charge in [0.2, 0.25) is 0 Å². The van der Waals surface area contributed by atoms with Crippen molar-refractivity contribution in [2.45, 2.75) is 20.8 Å². The van der Waals surface area contributed by atoms with Gasteiger partial charge in [-0.3, -0.25) is 4.40 Å². The third kappa shape index (κ3) is 2.14. The van der Waals surface area contributed by atoms with Gasteiger partial charge in [0.15, 0.2) is 5.82 Å². The summed E-state index contributed by atoms with van der Waals surface area (Å²) >= 11 is 0. The summed E-state index contributed by atoms with van der Waals surface area (Å²) in [6.45, 7) is 6.23. The van der Waals surface area contributed by atoms with E-state index in [1.54, 1.807) is 0 Å². The third-order valence-corrected chi connectivity index (χ3v) is 4.27. The summed E-state index contributed by atoms with van der Waals surface area (Å²) in [5.74, 6) is 0.844. The molecule has 2 heterocycles. The fourth-order valence-corrected chi connectivity index (χ4v) is 3.06. The smallest absolute Gasteiger partial charge is 0.157 e. The van der Waals surface area contributed by atoms with Crippen LogP contribution < -0.4 is 5.32 Å². The number of para-hydroxylation sites is 3. The number of rotatable bonds is 2. The first-order valence-corrected chi connectivity index (χ1v) is 7.71. The highest BCUT2D eigenvalue weighted by molar-refractivity contribution is 5.87. The predicted octanol–water partition coefficient (Wildman–Crippen LogP) is 4.55.